The van der Waals surface area contributed by atoms with E-state index >= 15 is 0 Å². The Morgan fingerprint density at radius 2 is 1.86 bits per heavy atom. The Bertz CT molecular complexity index is 1250. The van der Waals surface area contributed by atoms with E-state index in [1.54, 1.807) is 0 Å². The number of aryl methyl sites for hydroxylation is 3. The zero-order chi connectivity index (χ0) is 25.1. The summed E-state index contributed by atoms with van der Waals surface area (Å²) in [5, 5.41) is 16.9. The van der Waals surface area contributed by atoms with E-state index in [-0.39, 0.29) is 12.8 Å². The molecule has 0 fully saturated rings. The Hall–Kier alpha value is -3.42. The van der Waals surface area contributed by atoms with Gasteiger partial charge in [-0.05, 0) is 121 Å². The van der Waals surface area contributed by atoms with Gasteiger partial charge < -0.3 is 25.5 Å². The molecule has 2 unspecified atom stereocenters. The van der Waals surface area contributed by atoms with Crippen LogP contribution < -0.4 is 15.0 Å². The maximum Gasteiger partial charge on any atom is 0.120 e. The molecular weight excluding hydrogens is 452 g/mol. The molecule has 188 valence electrons. The zero-order valence-corrected chi connectivity index (χ0v) is 21.1. The molecule has 7 nitrogen and oxygen atoms in total. The van der Waals surface area contributed by atoms with E-state index in [4.69, 9.17) is 14.6 Å². The lowest BCUT2D eigenvalue weighted by atomic mass is 9.90. The molecule has 0 spiro atoms. The van der Waals surface area contributed by atoms with E-state index in [0.717, 1.165) is 41.9 Å². The van der Waals surface area contributed by atoms with Crippen molar-refractivity contribution in [1.82, 2.24) is 5.53 Å². The predicted octanol–water partition coefficient (Wildman–Crippen LogP) is 6.23. The summed E-state index contributed by atoms with van der Waals surface area (Å²) in [5.41, 5.74) is 16.7. The molecule has 2 N–H and O–H groups in total. The summed E-state index contributed by atoms with van der Waals surface area (Å²) in [5.74, 6) is 2.16. The van der Waals surface area contributed by atoms with E-state index in [9.17, 15) is 0 Å². The Morgan fingerprint density at radius 1 is 1.03 bits per heavy atom. The van der Waals surface area contributed by atoms with Crippen molar-refractivity contribution in [2.24, 2.45) is 10.3 Å². The lowest BCUT2D eigenvalue weighted by Crippen LogP contribution is -2.08. The van der Waals surface area contributed by atoms with Crippen LogP contribution in [0.4, 0.5) is 0 Å². The minimum absolute atomic E-state index is 0.00694. The first kappa shape index (κ1) is 24.3. The van der Waals surface area contributed by atoms with Gasteiger partial charge in [-0.2, -0.15) is 5.11 Å². The van der Waals surface area contributed by atoms with Crippen LogP contribution in [0.3, 0.4) is 0 Å². The number of hydrogen-bond acceptors (Lipinski definition) is 6. The summed E-state index contributed by atoms with van der Waals surface area (Å²) in [7, 11) is 0. The van der Waals surface area contributed by atoms with Gasteiger partial charge in [0, 0.05) is 0 Å². The molecule has 0 saturated carbocycles. The van der Waals surface area contributed by atoms with Crippen molar-refractivity contribution in [3.8, 4) is 22.6 Å². The van der Waals surface area contributed by atoms with Crippen LogP contribution >= 0.6 is 0 Å². The maximum atomic E-state index is 9.06. The highest BCUT2D eigenvalue weighted by atomic mass is 16.5. The zero-order valence-electron chi connectivity index (χ0n) is 21.1. The number of ether oxygens (including phenoxy) is 2. The van der Waals surface area contributed by atoms with Gasteiger partial charge in [-0.15, -0.1) is 0 Å². The fourth-order valence-electron chi connectivity index (χ4n) is 5.45. The minimum Gasteiger partial charge on any atom is -0.528 e. The Labute approximate surface area is 212 Å². The first-order chi connectivity index (χ1) is 17.5. The van der Waals surface area contributed by atoms with Gasteiger partial charge in [0.1, 0.15) is 24.7 Å². The second-order valence-corrected chi connectivity index (χ2v) is 9.64. The van der Waals surface area contributed by atoms with Crippen LogP contribution in [0.25, 0.3) is 16.6 Å². The highest BCUT2D eigenvalue weighted by Crippen LogP contribution is 2.40. The number of fused-ring (bicyclic) bond motifs is 1. The molecule has 3 aromatic carbocycles. The second-order valence-electron chi connectivity index (χ2n) is 9.64. The molecule has 2 aliphatic rings. The third-order valence-corrected chi connectivity index (χ3v) is 7.23. The van der Waals surface area contributed by atoms with Crippen LogP contribution in [0.2, 0.25) is 0 Å². The summed E-state index contributed by atoms with van der Waals surface area (Å²) in [6.45, 7) is 7.20. The van der Waals surface area contributed by atoms with Crippen molar-refractivity contribution in [1.29, 1.82) is 0 Å². The second kappa shape index (κ2) is 10.7. The molecule has 1 aliphatic heterocycles. The molecule has 1 aliphatic carbocycles. The van der Waals surface area contributed by atoms with Crippen LogP contribution in [0.5, 0.6) is 11.5 Å². The largest absolute Gasteiger partial charge is 0.528 e. The molecule has 36 heavy (non-hydrogen) atoms. The van der Waals surface area contributed by atoms with Crippen molar-refractivity contribution in [3.63, 3.8) is 0 Å². The van der Waals surface area contributed by atoms with Crippen LogP contribution in [0, 0.1) is 20.8 Å². The van der Waals surface area contributed by atoms with Crippen LogP contribution in [0.15, 0.2) is 58.9 Å². The van der Waals surface area contributed by atoms with Crippen molar-refractivity contribution >= 4 is 0 Å². The fourth-order valence-corrected chi connectivity index (χ4v) is 5.45. The molecule has 3 aromatic rings. The molecule has 0 aromatic heterocycles. The Morgan fingerprint density at radius 3 is 2.61 bits per heavy atom. The average Bonchev–Trinajstić information content (AvgIpc) is 3.53. The quantitative estimate of drug-likeness (QED) is 0.376. The normalized spacial score (nSPS) is 18.2. The molecule has 0 bridgehead atoms. The van der Waals surface area contributed by atoms with Crippen molar-refractivity contribution in [2.75, 3.05) is 13.2 Å². The Balaban J connectivity index is 1.30. The molecule has 0 radical (unpaired) electrons. The third-order valence-electron chi connectivity index (χ3n) is 7.23. The van der Waals surface area contributed by atoms with E-state index in [1.165, 1.54) is 33.4 Å². The average molecular weight is 486 g/mol. The highest BCUT2D eigenvalue weighted by molar-refractivity contribution is 5.75. The number of rotatable bonds is 9. The predicted molar refractivity (Wildman–Crippen MR) is 140 cm³/mol. The molecule has 0 saturated heterocycles. The number of nitrogens with zero attached hydrogens (tertiary/aromatic N) is 3. The summed E-state index contributed by atoms with van der Waals surface area (Å²) in [6.07, 6.45) is 2.98. The molecular formula is C29H33N4O3-. The van der Waals surface area contributed by atoms with Gasteiger partial charge in [0.2, 0.25) is 0 Å². The topological polar surface area (TPSA) is 89.5 Å². The molecule has 7 heteroatoms. The van der Waals surface area contributed by atoms with Gasteiger partial charge in [-0.25, -0.2) is 0 Å². The van der Waals surface area contributed by atoms with Crippen LogP contribution in [-0.2, 0) is 13.0 Å². The summed E-state index contributed by atoms with van der Waals surface area (Å²) < 4.78 is 11.9. The van der Waals surface area contributed by atoms with Crippen molar-refractivity contribution in [2.45, 2.75) is 58.7 Å². The number of hydrogen-bond donors (Lipinski definition) is 2. The highest BCUT2D eigenvalue weighted by Gasteiger charge is 2.24. The van der Waals surface area contributed by atoms with Gasteiger partial charge in [0.15, 0.2) is 0 Å². The summed E-state index contributed by atoms with van der Waals surface area (Å²) in [6, 6.07) is 17.0. The number of nitrogens with one attached hydrogen (secondary N) is 1. The number of aliphatic hydroxyl groups is 1. The molecule has 2 atom stereocenters. The van der Waals surface area contributed by atoms with E-state index in [1.807, 2.05) is 12.1 Å². The van der Waals surface area contributed by atoms with Gasteiger partial charge in [-0.1, -0.05) is 29.5 Å². The smallest absolute Gasteiger partial charge is 0.120 e. The van der Waals surface area contributed by atoms with Gasteiger partial charge in [-0.3, -0.25) is 0 Å². The first-order valence-corrected chi connectivity index (χ1v) is 12.6. The number of aliphatic hydroxyl groups excluding tert-OH is 1. The van der Waals surface area contributed by atoms with Gasteiger partial charge >= 0.3 is 0 Å². The lowest BCUT2D eigenvalue weighted by molar-refractivity contribution is 0.201. The van der Waals surface area contributed by atoms with Gasteiger partial charge in [0.05, 0.1) is 6.61 Å². The fraction of sp³-hybridized carbons (Fsp3) is 0.379. The maximum absolute atomic E-state index is 9.06. The van der Waals surface area contributed by atoms with Crippen LogP contribution in [0.1, 0.15) is 52.1 Å². The minimum atomic E-state index is -0.0799. The molecule has 0 amide bonds. The SMILES string of the molecule is Cc1cc(OCCO)cc(C)c1-c1cccc(COc2ccc3c(c2)CCC3CC2N=NN[N-]2)c1C. The first-order valence-electron chi connectivity index (χ1n) is 12.6. The standard InChI is InChI=1S/C29H33N4O3/c1-18-13-25(35-12-11-34)14-19(2)29(18)26-6-4-5-23(20(26)3)17-36-24-9-10-27-21(15-24)7-8-22(27)16-28-30-32-33-31-28/h4-6,9-10,13-15,22,28,34H,7-8,11-12,16-17H2,1-3H3,(H-,30,31,32,33)/q-1. The van der Waals surface area contributed by atoms with E-state index in [2.05, 4.69) is 78.5 Å². The van der Waals surface area contributed by atoms with Crippen molar-refractivity contribution < 1.29 is 14.6 Å². The summed E-state index contributed by atoms with van der Waals surface area (Å²) in [4.78, 5) is 0. The Kier molecular flexibility index (Phi) is 7.20. The van der Waals surface area contributed by atoms with E-state index < -0.39 is 0 Å². The van der Waals surface area contributed by atoms with Crippen molar-refractivity contribution in [3.05, 3.63) is 87.3 Å². The molecule has 5 rings (SSSR count). The lowest BCUT2D eigenvalue weighted by Gasteiger charge is -2.22. The van der Waals surface area contributed by atoms with Crippen LogP contribution in [-0.4, -0.2) is 24.5 Å². The summed E-state index contributed by atoms with van der Waals surface area (Å²) >= 11 is 0. The van der Waals surface area contributed by atoms with E-state index in [0.29, 0.717) is 19.1 Å². The third kappa shape index (κ3) is 5.08. The monoisotopic (exact) mass is 485 g/mol. The number of benzene rings is 3. The molecule has 1 heterocycles. The van der Waals surface area contributed by atoms with Gasteiger partial charge in [0.25, 0.3) is 0 Å².